The molecule has 0 fully saturated rings. The summed E-state index contributed by atoms with van der Waals surface area (Å²) in [5.74, 6) is -0.359. The molecule has 7 nitrogen and oxygen atoms in total. The summed E-state index contributed by atoms with van der Waals surface area (Å²) in [6.45, 7) is 1.61. The highest BCUT2D eigenvalue weighted by Gasteiger charge is 2.20. The highest BCUT2D eigenvalue weighted by molar-refractivity contribution is 7.89. The minimum atomic E-state index is -3.67. The lowest BCUT2D eigenvalue weighted by molar-refractivity contribution is -0.116. The molecule has 2 aromatic rings. The lowest BCUT2D eigenvalue weighted by atomic mass is 10.2. The van der Waals surface area contributed by atoms with Crippen LogP contribution < -0.4 is 11.1 Å². The second kappa shape index (κ2) is 8.79. The quantitative estimate of drug-likeness (QED) is 0.532. The van der Waals surface area contributed by atoms with Crippen molar-refractivity contribution >= 4 is 33.1 Å². The molecule has 0 aliphatic rings. The van der Waals surface area contributed by atoms with Crippen LogP contribution in [-0.4, -0.2) is 38.0 Å². The third-order valence-electron chi connectivity index (χ3n) is 4.08. The van der Waals surface area contributed by atoms with Crippen LogP contribution >= 0.6 is 0 Å². The van der Waals surface area contributed by atoms with Gasteiger partial charge in [-0.2, -0.15) is 0 Å². The number of nitrogens with two attached hydrogens (primary N) is 1. The van der Waals surface area contributed by atoms with Gasteiger partial charge in [-0.15, -0.1) is 0 Å². The van der Waals surface area contributed by atoms with Crippen LogP contribution in [0.2, 0.25) is 0 Å². The van der Waals surface area contributed by atoms with Crippen LogP contribution in [0.5, 0.6) is 0 Å². The van der Waals surface area contributed by atoms with Crippen LogP contribution in [0.1, 0.15) is 30.1 Å². The van der Waals surface area contributed by atoms with Gasteiger partial charge in [-0.25, -0.2) is 12.7 Å². The Morgan fingerprint density at radius 3 is 2.30 bits per heavy atom. The number of benzene rings is 2. The van der Waals surface area contributed by atoms with Gasteiger partial charge in [0.1, 0.15) is 0 Å². The number of sulfonamides is 1. The van der Waals surface area contributed by atoms with E-state index in [2.05, 4.69) is 5.32 Å². The van der Waals surface area contributed by atoms with Gasteiger partial charge in [0.25, 0.3) is 0 Å². The largest absolute Gasteiger partial charge is 0.397 e. The van der Waals surface area contributed by atoms with Crippen LogP contribution in [-0.2, 0) is 14.8 Å². The molecule has 2 rings (SSSR count). The van der Waals surface area contributed by atoms with Gasteiger partial charge in [-0.05, 0) is 37.6 Å². The first-order valence-electron chi connectivity index (χ1n) is 8.43. The van der Waals surface area contributed by atoms with E-state index in [1.807, 2.05) is 0 Å². The van der Waals surface area contributed by atoms with Crippen LogP contribution in [0.15, 0.2) is 53.4 Å². The first-order chi connectivity index (χ1) is 12.7. The Labute approximate surface area is 159 Å². The average molecular weight is 389 g/mol. The van der Waals surface area contributed by atoms with E-state index in [0.29, 0.717) is 23.4 Å². The zero-order chi connectivity index (χ0) is 20.0. The first kappa shape index (κ1) is 20.6. The van der Waals surface area contributed by atoms with Crippen LogP contribution in [0.25, 0.3) is 0 Å². The zero-order valence-electron chi connectivity index (χ0n) is 15.3. The summed E-state index contributed by atoms with van der Waals surface area (Å²) in [7, 11) is -2.22. The molecule has 0 heterocycles. The molecule has 0 saturated carbocycles. The summed E-state index contributed by atoms with van der Waals surface area (Å²) in [4.78, 5) is 23.4. The Bertz CT molecular complexity index is 924. The number of nitrogens with zero attached hydrogens (tertiary/aromatic N) is 1. The van der Waals surface area contributed by atoms with E-state index < -0.39 is 10.0 Å². The molecule has 1 amide bonds. The molecule has 2 aromatic carbocycles. The van der Waals surface area contributed by atoms with Gasteiger partial charge in [0.15, 0.2) is 5.78 Å². The average Bonchev–Trinajstić information content (AvgIpc) is 2.63. The number of nitrogens with one attached hydrogen (secondary N) is 1. The topological polar surface area (TPSA) is 110 Å². The minimum Gasteiger partial charge on any atom is -0.397 e. The van der Waals surface area contributed by atoms with Gasteiger partial charge in [0.2, 0.25) is 15.9 Å². The van der Waals surface area contributed by atoms with Gasteiger partial charge in [-0.3, -0.25) is 9.59 Å². The Kier molecular flexibility index (Phi) is 6.70. The fourth-order valence-corrected chi connectivity index (χ4v) is 3.66. The van der Waals surface area contributed by atoms with Crippen molar-refractivity contribution in [3.63, 3.8) is 0 Å². The lowest BCUT2D eigenvalue weighted by Crippen LogP contribution is -2.28. The van der Waals surface area contributed by atoms with E-state index in [-0.39, 0.29) is 29.6 Å². The van der Waals surface area contributed by atoms with Crippen LogP contribution in [0, 0.1) is 0 Å². The predicted octanol–water partition coefficient (Wildman–Crippen LogP) is 2.51. The highest BCUT2D eigenvalue weighted by Crippen LogP contribution is 2.18. The molecule has 0 unspecified atom stereocenters. The second-order valence-corrected chi connectivity index (χ2v) is 8.19. The first-order valence-corrected chi connectivity index (χ1v) is 9.87. The predicted molar refractivity (Wildman–Crippen MR) is 105 cm³/mol. The Hall–Kier alpha value is -2.71. The second-order valence-electron chi connectivity index (χ2n) is 6.15. The zero-order valence-corrected chi connectivity index (χ0v) is 16.1. The third kappa shape index (κ3) is 5.38. The van der Waals surface area contributed by atoms with Crippen molar-refractivity contribution in [2.75, 3.05) is 24.6 Å². The molecule has 0 bridgehead atoms. The van der Waals surface area contributed by atoms with E-state index in [1.165, 1.54) is 42.5 Å². The monoisotopic (exact) mass is 389 g/mol. The summed E-state index contributed by atoms with van der Waals surface area (Å²) in [5.41, 5.74) is 7.23. The maximum atomic E-state index is 12.5. The molecular weight excluding hydrogens is 366 g/mol. The smallest absolute Gasteiger partial charge is 0.242 e. The van der Waals surface area contributed by atoms with Crippen molar-refractivity contribution in [3.05, 3.63) is 54.1 Å². The van der Waals surface area contributed by atoms with E-state index in [1.54, 1.807) is 24.3 Å². The summed E-state index contributed by atoms with van der Waals surface area (Å²) in [6, 6.07) is 12.7. The number of rotatable bonds is 8. The number of hydrogen-bond acceptors (Lipinski definition) is 5. The van der Waals surface area contributed by atoms with Gasteiger partial charge in [0.05, 0.1) is 16.3 Å². The molecule has 0 aliphatic heterocycles. The van der Waals surface area contributed by atoms with E-state index in [0.717, 1.165) is 0 Å². The standard InChI is InChI=1S/C19H23N3O4S/c1-14(23)15-9-11-16(12-10-15)27(25,26)22(2)13-5-8-19(24)21-18-7-4-3-6-17(18)20/h3-4,6-7,9-12H,5,8,13,20H2,1-2H3,(H,21,24). The number of hydrogen-bond donors (Lipinski definition) is 2. The van der Waals surface area contributed by atoms with E-state index in [4.69, 9.17) is 5.73 Å². The Balaban J connectivity index is 1.90. The van der Waals surface area contributed by atoms with E-state index in [9.17, 15) is 18.0 Å². The van der Waals surface area contributed by atoms with Gasteiger partial charge < -0.3 is 11.1 Å². The molecule has 144 valence electrons. The Morgan fingerprint density at radius 2 is 1.70 bits per heavy atom. The fourth-order valence-electron chi connectivity index (χ4n) is 2.45. The number of amides is 1. The molecular formula is C19H23N3O4S. The Morgan fingerprint density at radius 1 is 1.07 bits per heavy atom. The molecule has 27 heavy (non-hydrogen) atoms. The van der Waals surface area contributed by atoms with Crippen molar-refractivity contribution in [2.24, 2.45) is 0 Å². The fraction of sp³-hybridized carbons (Fsp3) is 0.263. The van der Waals surface area contributed by atoms with Crippen LogP contribution in [0.3, 0.4) is 0 Å². The minimum absolute atomic E-state index is 0.108. The summed E-state index contributed by atoms with van der Waals surface area (Å²) in [6.07, 6.45) is 0.525. The van der Waals surface area contributed by atoms with Gasteiger partial charge >= 0.3 is 0 Å². The number of Topliss-reactive ketones (excluding diaryl/α,β-unsaturated/α-hetero) is 1. The van der Waals surface area contributed by atoms with Crippen molar-refractivity contribution in [3.8, 4) is 0 Å². The lowest BCUT2D eigenvalue weighted by Gasteiger charge is -2.17. The summed E-state index contributed by atoms with van der Waals surface area (Å²) < 4.78 is 26.3. The van der Waals surface area contributed by atoms with Crippen molar-refractivity contribution < 1.29 is 18.0 Å². The number of carbonyl (C=O) groups is 2. The summed E-state index contributed by atoms with van der Waals surface area (Å²) >= 11 is 0. The molecule has 0 radical (unpaired) electrons. The SMILES string of the molecule is CC(=O)c1ccc(S(=O)(=O)N(C)CCCC(=O)Nc2ccccc2N)cc1. The van der Waals surface area contributed by atoms with Gasteiger partial charge in [-0.1, -0.05) is 24.3 Å². The maximum Gasteiger partial charge on any atom is 0.242 e. The van der Waals surface area contributed by atoms with Crippen molar-refractivity contribution in [2.45, 2.75) is 24.7 Å². The van der Waals surface area contributed by atoms with Crippen molar-refractivity contribution in [1.29, 1.82) is 0 Å². The van der Waals surface area contributed by atoms with E-state index >= 15 is 0 Å². The number of nitrogen functional groups attached to an aromatic ring is 1. The molecule has 3 N–H and O–H groups in total. The number of carbonyl (C=O) groups excluding carboxylic acids is 2. The highest BCUT2D eigenvalue weighted by atomic mass is 32.2. The molecule has 8 heteroatoms. The normalized spacial score (nSPS) is 11.4. The van der Waals surface area contributed by atoms with Crippen LogP contribution in [0.4, 0.5) is 11.4 Å². The number of anilines is 2. The molecule has 0 atom stereocenters. The number of ketones is 1. The summed E-state index contributed by atoms with van der Waals surface area (Å²) in [5, 5.41) is 2.71. The maximum absolute atomic E-state index is 12.5. The molecule has 0 aliphatic carbocycles. The third-order valence-corrected chi connectivity index (χ3v) is 5.95. The molecule has 0 spiro atoms. The number of para-hydroxylation sites is 2. The molecule has 0 saturated heterocycles. The van der Waals surface area contributed by atoms with Gasteiger partial charge in [0, 0.05) is 25.6 Å². The molecule has 0 aromatic heterocycles. The van der Waals surface area contributed by atoms with Crippen molar-refractivity contribution in [1.82, 2.24) is 4.31 Å².